The zero-order valence-corrected chi connectivity index (χ0v) is 16.3. The molecule has 1 amide bonds. The Labute approximate surface area is 168 Å². The maximum absolute atomic E-state index is 13.1. The van der Waals surface area contributed by atoms with E-state index in [0.717, 1.165) is 17.7 Å². The molecule has 0 unspecified atom stereocenters. The number of rotatable bonds is 8. The van der Waals surface area contributed by atoms with Gasteiger partial charge in [-0.05, 0) is 37.1 Å². The number of benzene rings is 2. The summed E-state index contributed by atoms with van der Waals surface area (Å²) in [5.41, 5.74) is 0.985. The first-order valence-electron chi connectivity index (χ1n) is 9.14. The van der Waals surface area contributed by atoms with Crippen molar-refractivity contribution >= 4 is 17.6 Å². The van der Waals surface area contributed by atoms with Crippen LogP contribution >= 0.6 is 0 Å². The van der Waals surface area contributed by atoms with Crippen molar-refractivity contribution in [3.63, 3.8) is 0 Å². The fraction of sp³-hybridized carbons (Fsp3) is 0.286. The number of nitro groups is 1. The van der Waals surface area contributed by atoms with Crippen LogP contribution in [-0.4, -0.2) is 34.9 Å². The first kappa shape index (κ1) is 21.6. The topological polar surface area (TPSA) is 114 Å². The normalized spacial score (nSPS) is 10.1. The lowest BCUT2D eigenvalue weighted by atomic mass is 10.1. The van der Waals surface area contributed by atoms with Gasteiger partial charge in [0.25, 0.3) is 11.6 Å². The quantitative estimate of drug-likeness (QED) is 0.382. The van der Waals surface area contributed by atoms with Crippen molar-refractivity contribution in [2.24, 2.45) is 0 Å². The van der Waals surface area contributed by atoms with Crippen LogP contribution in [0.1, 0.15) is 52.1 Å². The number of nitrogens with zero attached hydrogens (tertiary/aromatic N) is 3. The Morgan fingerprint density at radius 2 is 1.79 bits per heavy atom. The molecule has 0 fully saturated rings. The summed E-state index contributed by atoms with van der Waals surface area (Å²) in [4.78, 5) is 37.3. The Morgan fingerprint density at radius 3 is 2.34 bits per heavy atom. The van der Waals surface area contributed by atoms with Crippen LogP contribution in [0, 0.1) is 21.4 Å². The van der Waals surface area contributed by atoms with E-state index in [2.05, 4.69) is 0 Å². The molecule has 8 heteroatoms. The summed E-state index contributed by atoms with van der Waals surface area (Å²) in [5, 5.41) is 20.2. The molecule has 0 heterocycles. The van der Waals surface area contributed by atoms with E-state index in [9.17, 15) is 19.7 Å². The van der Waals surface area contributed by atoms with Crippen LogP contribution in [0.5, 0.6) is 0 Å². The highest BCUT2D eigenvalue weighted by Crippen LogP contribution is 2.21. The summed E-state index contributed by atoms with van der Waals surface area (Å²) in [6.07, 6.45) is 0.682. The van der Waals surface area contributed by atoms with E-state index in [1.807, 2.05) is 13.0 Å². The van der Waals surface area contributed by atoms with Crippen LogP contribution in [0.2, 0.25) is 0 Å². The molecule has 2 aromatic carbocycles. The summed E-state index contributed by atoms with van der Waals surface area (Å²) in [5.74, 6) is -1.15. The molecular formula is C21H21N3O5. The Kier molecular flexibility index (Phi) is 7.43. The van der Waals surface area contributed by atoms with Gasteiger partial charge in [-0.3, -0.25) is 14.9 Å². The summed E-state index contributed by atoms with van der Waals surface area (Å²) < 4.78 is 4.91. The van der Waals surface area contributed by atoms with E-state index in [1.165, 1.54) is 6.07 Å². The Balaban J connectivity index is 2.37. The molecule has 0 atom stereocenters. The number of carbonyl (C=O) groups is 2. The van der Waals surface area contributed by atoms with E-state index < -0.39 is 16.8 Å². The molecule has 0 aliphatic carbocycles. The molecule has 150 valence electrons. The molecule has 0 saturated heterocycles. The second kappa shape index (κ2) is 9.99. The second-order valence-corrected chi connectivity index (χ2v) is 6.28. The molecule has 0 aromatic heterocycles. The molecule has 0 spiro atoms. The van der Waals surface area contributed by atoms with Gasteiger partial charge in [-0.2, -0.15) is 5.26 Å². The van der Waals surface area contributed by atoms with Gasteiger partial charge in [-0.1, -0.05) is 19.1 Å². The molecule has 29 heavy (non-hydrogen) atoms. The number of hydrogen-bond acceptors (Lipinski definition) is 6. The predicted octanol–water partition coefficient (Wildman–Crippen LogP) is 3.70. The highest BCUT2D eigenvalue weighted by atomic mass is 16.6. The number of nitro benzene ring substituents is 1. The van der Waals surface area contributed by atoms with Crippen molar-refractivity contribution in [1.29, 1.82) is 5.26 Å². The predicted molar refractivity (Wildman–Crippen MR) is 105 cm³/mol. The van der Waals surface area contributed by atoms with Gasteiger partial charge < -0.3 is 9.64 Å². The highest BCUT2D eigenvalue weighted by Gasteiger charge is 2.22. The van der Waals surface area contributed by atoms with Gasteiger partial charge in [0.15, 0.2) is 0 Å². The van der Waals surface area contributed by atoms with Crippen molar-refractivity contribution in [3.8, 4) is 6.07 Å². The van der Waals surface area contributed by atoms with E-state index in [4.69, 9.17) is 10.00 Å². The average Bonchev–Trinajstić information content (AvgIpc) is 2.73. The van der Waals surface area contributed by atoms with Crippen LogP contribution < -0.4 is 0 Å². The van der Waals surface area contributed by atoms with E-state index >= 15 is 0 Å². The van der Waals surface area contributed by atoms with Crippen LogP contribution in [0.15, 0.2) is 42.5 Å². The molecule has 0 radical (unpaired) electrons. The lowest BCUT2D eigenvalue weighted by molar-refractivity contribution is -0.384. The van der Waals surface area contributed by atoms with Crippen molar-refractivity contribution < 1.29 is 19.2 Å². The fourth-order valence-electron chi connectivity index (χ4n) is 2.78. The first-order valence-corrected chi connectivity index (χ1v) is 9.14. The molecule has 0 bridgehead atoms. The van der Waals surface area contributed by atoms with Crippen molar-refractivity contribution in [2.45, 2.75) is 26.8 Å². The van der Waals surface area contributed by atoms with Gasteiger partial charge in [0.2, 0.25) is 0 Å². The molecule has 0 aliphatic rings. The van der Waals surface area contributed by atoms with Crippen molar-refractivity contribution in [2.75, 3.05) is 13.2 Å². The number of amides is 1. The third kappa shape index (κ3) is 5.62. The standard InChI is InChI=1S/C21H21N3O5/c1-3-9-23(14-16-7-5-15(13-22)6-8-16)20(25)17-10-18(21(26)29-4-2)12-19(11-17)24(27)28/h5-8,10-12H,3-4,9,14H2,1-2H3. The van der Waals surface area contributed by atoms with Crippen molar-refractivity contribution in [3.05, 3.63) is 74.8 Å². The number of hydrogen-bond donors (Lipinski definition) is 0. The Morgan fingerprint density at radius 1 is 1.14 bits per heavy atom. The number of esters is 1. The van der Waals surface area contributed by atoms with Crippen LogP contribution in [0.3, 0.4) is 0 Å². The van der Waals surface area contributed by atoms with Gasteiger partial charge in [0.05, 0.1) is 28.7 Å². The number of non-ortho nitro benzene ring substituents is 1. The van der Waals surface area contributed by atoms with E-state index in [0.29, 0.717) is 18.5 Å². The third-order valence-electron chi connectivity index (χ3n) is 4.12. The average molecular weight is 395 g/mol. The molecule has 0 N–H and O–H groups in total. The molecule has 2 rings (SSSR count). The molecular weight excluding hydrogens is 374 g/mol. The zero-order chi connectivity index (χ0) is 21.4. The minimum atomic E-state index is -0.723. The minimum absolute atomic E-state index is 0.0424. The van der Waals surface area contributed by atoms with Gasteiger partial charge in [0, 0.05) is 30.8 Å². The Hall–Kier alpha value is -3.73. The fourth-order valence-corrected chi connectivity index (χ4v) is 2.78. The summed E-state index contributed by atoms with van der Waals surface area (Å²) >= 11 is 0. The summed E-state index contributed by atoms with van der Waals surface area (Å²) in [7, 11) is 0. The van der Waals surface area contributed by atoms with Crippen molar-refractivity contribution in [1.82, 2.24) is 4.90 Å². The van der Waals surface area contributed by atoms with Crippen LogP contribution in [-0.2, 0) is 11.3 Å². The molecule has 0 saturated carbocycles. The zero-order valence-electron chi connectivity index (χ0n) is 16.3. The smallest absolute Gasteiger partial charge is 0.338 e. The second-order valence-electron chi connectivity index (χ2n) is 6.28. The van der Waals surface area contributed by atoms with Crippen LogP contribution in [0.25, 0.3) is 0 Å². The summed E-state index contributed by atoms with van der Waals surface area (Å²) in [6.45, 7) is 4.36. The lowest BCUT2D eigenvalue weighted by Crippen LogP contribution is -2.31. The number of carbonyl (C=O) groups excluding carboxylic acids is 2. The number of ether oxygens (including phenoxy) is 1. The van der Waals surface area contributed by atoms with E-state index in [1.54, 1.807) is 36.1 Å². The maximum Gasteiger partial charge on any atom is 0.338 e. The van der Waals surface area contributed by atoms with Gasteiger partial charge >= 0.3 is 5.97 Å². The minimum Gasteiger partial charge on any atom is -0.462 e. The van der Waals surface area contributed by atoms with Crippen LogP contribution in [0.4, 0.5) is 5.69 Å². The molecule has 8 nitrogen and oxygen atoms in total. The molecule has 0 aliphatic heterocycles. The monoisotopic (exact) mass is 395 g/mol. The highest BCUT2D eigenvalue weighted by molar-refractivity contribution is 5.99. The SMILES string of the molecule is CCCN(Cc1ccc(C#N)cc1)C(=O)c1cc(C(=O)OCC)cc([N+](=O)[O-])c1. The third-order valence-corrected chi connectivity index (χ3v) is 4.12. The van der Waals surface area contributed by atoms with Gasteiger partial charge in [0.1, 0.15) is 0 Å². The van der Waals surface area contributed by atoms with Gasteiger partial charge in [-0.15, -0.1) is 0 Å². The van der Waals surface area contributed by atoms with Gasteiger partial charge in [-0.25, -0.2) is 4.79 Å². The lowest BCUT2D eigenvalue weighted by Gasteiger charge is -2.22. The Bertz CT molecular complexity index is 948. The number of nitriles is 1. The maximum atomic E-state index is 13.1. The summed E-state index contributed by atoms with van der Waals surface area (Å²) in [6, 6.07) is 12.4. The largest absolute Gasteiger partial charge is 0.462 e. The van der Waals surface area contributed by atoms with E-state index in [-0.39, 0.29) is 30.0 Å². The first-order chi connectivity index (χ1) is 13.9. The molecule has 2 aromatic rings.